The molecule has 22 heavy (non-hydrogen) atoms. The molecule has 1 aromatic carbocycles. The quantitative estimate of drug-likeness (QED) is 0.776. The summed E-state index contributed by atoms with van der Waals surface area (Å²) in [4.78, 5) is 16.5. The molecule has 3 aromatic rings. The standard InChI is InChI=1S/C17H17N3O2/c1-12-4-3-9-20-11-14(19-16(12)20)7-8-18-17(22)13-5-2-6-15(21)10-13/h2-6,9-11,21H,7-8H2,1H3,(H,18,22). The molecule has 0 atom stereocenters. The number of fused-ring (bicyclic) bond motifs is 1. The number of phenols is 1. The average Bonchev–Trinajstić information content (AvgIpc) is 2.91. The molecule has 5 nitrogen and oxygen atoms in total. The molecule has 0 radical (unpaired) electrons. The van der Waals surface area contributed by atoms with Gasteiger partial charge in [0.05, 0.1) is 5.69 Å². The number of hydrogen-bond donors (Lipinski definition) is 2. The summed E-state index contributed by atoms with van der Waals surface area (Å²) in [6, 6.07) is 10.3. The zero-order valence-electron chi connectivity index (χ0n) is 12.3. The van der Waals surface area contributed by atoms with Gasteiger partial charge in [0.25, 0.3) is 5.91 Å². The number of pyridine rings is 1. The molecule has 0 bridgehead atoms. The van der Waals surface area contributed by atoms with Gasteiger partial charge < -0.3 is 14.8 Å². The topological polar surface area (TPSA) is 66.6 Å². The van der Waals surface area contributed by atoms with Crippen LogP contribution >= 0.6 is 0 Å². The Morgan fingerprint density at radius 2 is 2.18 bits per heavy atom. The van der Waals surface area contributed by atoms with E-state index in [9.17, 15) is 9.90 Å². The first-order chi connectivity index (χ1) is 10.6. The van der Waals surface area contributed by atoms with Gasteiger partial charge in [0, 0.05) is 30.9 Å². The van der Waals surface area contributed by atoms with Gasteiger partial charge in [0.15, 0.2) is 0 Å². The Labute approximate surface area is 128 Å². The third-order valence-electron chi connectivity index (χ3n) is 3.50. The second-order valence-electron chi connectivity index (χ2n) is 5.21. The lowest BCUT2D eigenvalue weighted by Crippen LogP contribution is -2.25. The summed E-state index contributed by atoms with van der Waals surface area (Å²) in [5, 5.41) is 12.2. The minimum Gasteiger partial charge on any atom is -0.508 e. The van der Waals surface area contributed by atoms with Crippen molar-refractivity contribution in [3.8, 4) is 5.75 Å². The summed E-state index contributed by atoms with van der Waals surface area (Å²) < 4.78 is 1.99. The molecule has 112 valence electrons. The first-order valence-electron chi connectivity index (χ1n) is 7.14. The Morgan fingerprint density at radius 3 is 2.95 bits per heavy atom. The summed E-state index contributed by atoms with van der Waals surface area (Å²) in [6.45, 7) is 2.52. The average molecular weight is 295 g/mol. The van der Waals surface area contributed by atoms with Gasteiger partial charge >= 0.3 is 0 Å². The molecule has 0 aliphatic carbocycles. The summed E-state index contributed by atoms with van der Waals surface area (Å²) >= 11 is 0. The van der Waals surface area contributed by atoms with Crippen LogP contribution in [0.5, 0.6) is 5.75 Å². The Balaban J connectivity index is 1.62. The van der Waals surface area contributed by atoms with Crippen molar-refractivity contribution >= 4 is 11.6 Å². The van der Waals surface area contributed by atoms with E-state index in [1.54, 1.807) is 12.1 Å². The van der Waals surface area contributed by atoms with Crippen molar-refractivity contribution in [1.82, 2.24) is 14.7 Å². The lowest BCUT2D eigenvalue weighted by Gasteiger charge is -2.04. The van der Waals surface area contributed by atoms with E-state index in [4.69, 9.17) is 0 Å². The van der Waals surface area contributed by atoms with E-state index < -0.39 is 0 Å². The molecule has 1 amide bonds. The van der Waals surface area contributed by atoms with Crippen LogP contribution in [-0.4, -0.2) is 26.9 Å². The van der Waals surface area contributed by atoms with E-state index in [1.165, 1.54) is 12.1 Å². The maximum atomic E-state index is 12.0. The van der Waals surface area contributed by atoms with Gasteiger partial charge in [-0.25, -0.2) is 4.98 Å². The fourth-order valence-electron chi connectivity index (χ4n) is 2.38. The first kappa shape index (κ1) is 14.1. The second kappa shape index (κ2) is 5.89. The number of aromatic hydroxyl groups is 1. The fourth-order valence-corrected chi connectivity index (χ4v) is 2.38. The van der Waals surface area contributed by atoms with Crippen molar-refractivity contribution in [2.75, 3.05) is 6.54 Å². The number of carbonyl (C=O) groups is 1. The number of nitrogens with zero attached hydrogens (tertiary/aromatic N) is 2. The Morgan fingerprint density at radius 1 is 1.32 bits per heavy atom. The molecule has 5 heteroatoms. The van der Waals surface area contributed by atoms with Crippen molar-refractivity contribution in [2.45, 2.75) is 13.3 Å². The number of amides is 1. The Bertz CT molecular complexity index is 824. The van der Waals surface area contributed by atoms with E-state index in [0.29, 0.717) is 18.5 Å². The summed E-state index contributed by atoms with van der Waals surface area (Å²) in [5.74, 6) is -0.112. The van der Waals surface area contributed by atoms with E-state index in [1.807, 2.05) is 35.9 Å². The highest BCUT2D eigenvalue weighted by Gasteiger charge is 2.07. The van der Waals surface area contributed by atoms with E-state index >= 15 is 0 Å². The highest BCUT2D eigenvalue weighted by Crippen LogP contribution is 2.11. The second-order valence-corrected chi connectivity index (χ2v) is 5.21. The molecule has 0 fully saturated rings. The van der Waals surface area contributed by atoms with Crippen molar-refractivity contribution in [1.29, 1.82) is 0 Å². The normalized spacial score (nSPS) is 10.8. The van der Waals surface area contributed by atoms with E-state index in [2.05, 4.69) is 10.3 Å². The van der Waals surface area contributed by atoms with Crippen LogP contribution in [0.4, 0.5) is 0 Å². The molecule has 0 saturated heterocycles. The van der Waals surface area contributed by atoms with Crippen LogP contribution in [0.15, 0.2) is 48.8 Å². The largest absolute Gasteiger partial charge is 0.508 e. The highest BCUT2D eigenvalue weighted by molar-refractivity contribution is 5.94. The molecular formula is C17H17N3O2. The maximum absolute atomic E-state index is 12.0. The SMILES string of the molecule is Cc1cccn2cc(CCNC(=O)c3cccc(O)c3)nc12. The molecule has 2 N–H and O–H groups in total. The zero-order chi connectivity index (χ0) is 15.5. The molecule has 0 saturated carbocycles. The summed E-state index contributed by atoms with van der Waals surface area (Å²) in [7, 11) is 0. The molecule has 0 unspecified atom stereocenters. The summed E-state index contributed by atoms with van der Waals surface area (Å²) in [5.41, 5.74) is 3.45. The lowest BCUT2D eigenvalue weighted by atomic mass is 10.2. The van der Waals surface area contributed by atoms with Gasteiger partial charge in [0.1, 0.15) is 11.4 Å². The van der Waals surface area contributed by atoms with Crippen LogP contribution in [0.1, 0.15) is 21.6 Å². The van der Waals surface area contributed by atoms with Gasteiger partial charge in [-0.3, -0.25) is 4.79 Å². The fraction of sp³-hybridized carbons (Fsp3) is 0.176. The minimum absolute atomic E-state index is 0.0866. The summed E-state index contributed by atoms with van der Waals surface area (Å²) in [6.07, 6.45) is 4.60. The number of hydrogen-bond acceptors (Lipinski definition) is 3. The predicted molar refractivity (Wildman–Crippen MR) is 84.1 cm³/mol. The Hall–Kier alpha value is -2.82. The first-order valence-corrected chi connectivity index (χ1v) is 7.14. The molecule has 2 heterocycles. The van der Waals surface area contributed by atoms with Crippen molar-refractivity contribution in [2.24, 2.45) is 0 Å². The zero-order valence-corrected chi connectivity index (χ0v) is 12.3. The number of nitrogens with one attached hydrogen (secondary N) is 1. The third-order valence-corrected chi connectivity index (χ3v) is 3.50. The highest BCUT2D eigenvalue weighted by atomic mass is 16.3. The number of aromatic nitrogens is 2. The molecule has 0 aliphatic heterocycles. The Kier molecular flexibility index (Phi) is 3.78. The smallest absolute Gasteiger partial charge is 0.251 e. The lowest BCUT2D eigenvalue weighted by molar-refractivity contribution is 0.0953. The van der Waals surface area contributed by atoms with Crippen molar-refractivity contribution in [3.63, 3.8) is 0 Å². The van der Waals surface area contributed by atoms with Gasteiger partial charge in [-0.2, -0.15) is 0 Å². The number of benzene rings is 1. The van der Waals surface area contributed by atoms with Crippen LogP contribution in [0.2, 0.25) is 0 Å². The molecular weight excluding hydrogens is 278 g/mol. The minimum atomic E-state index is -0.198. The maximum Gasteiger partial charge on any atom is 0.251 e. The number of phenolic OH excluding ortho intramolecular Hbond substituents is 1. The van der Waals surface area contributed by atoms with Crippen molar-refractivity contribution in [3.05, 3.63) is 65.6 Å². The predicted octanol–water partition coefficient (Wildman–Crippen LogP) is 2.32. The number of rotatable bonds is 4. The number of aryl methyl sites for hydroxylation is 1. The molecule has 3 rings (SSSR count). The number of imidazole rings is 1. The number of carbonyl (C=O) groups excluding carboxylic acids is 1. The van der Waals surface area contributed by atoms with Gasteiger partial charge in [-0.15, -0.1) is 0 Å². The van der Waals surface area contributed by atoms with Gasteiger partial charge in [0.2, 0.25) is 0 Å². The molecule has 0 aliphatic rings. The van der Waals surface area contributed by atoms with Crippen LogP contribution in [-0.2, 0) is 6.42 Å². The van der Waals surface area contributed by atoms with E-state index in [0.717, 1.165) is 16.9 Å². The third kappa shape index (κ3) is 2.93. The van der Waals surface area contributed by atoms with E-state index in [-0.39, 0.29) is 11.7 Å². The van der Waals surface area contributed by atoms with Gasteiger partial charge in [-0.05, 0) is 36.8 Å². The molecule has 0 spiro atoms. The van der Waals surface area contributed by atoms with Crippen LogP contribution in [0.25, 0.3) is 5.65 Å². The van der Waals surface area contributed by atoms with Crippen LogP contribution in [0.3, 0.4) is 0 Å². The monoisotopic (exact) mass is 295 g/mol. The van der Waals surface area contributed by atoms with Crippen molar-refractivity contribution < 1.29 is 9.90 Å². The van der Waals surface area contributed by atoms with Gasteiger partial charge in [-0.1, -0.05) is 12.1 Å². The van der Waals surface area contributed by atoms with Crippen LogP contribution < -0.4 is 5.32 Å². The molecule has 2 aromatic heterocycles. The van der Waals surface area contributed by atoms with Crippen LogP contribution in [0, 0.1) is 6.92 Å².